The van der Waals surface area contributed by atoms with Crippen LogP contribution in [0.5, 0.6) is 5.75 Å². The standard InChI is InChI=1S/C15H16N2O2/c1-2-9-17-11-12(10-16-17)7-8-15(19)13-5-3-4-6-14(13)18/h3-8,10-11,18H,2,9H2,1H3/b8-7+. The molecule has 0 aliphatic rings. The Kier molecular flexibility index (Phi) is 4.13. The molecule has 1 heterocycles. The fourth-order valence-electron chi connectivity index (χ4n) is 1.76. The van der Waals surface area contributed by atoms with Gasteiger partial charge in [-0.2, -0.15) is 5.10 Å². The third-order valence-electron chi connectivity index (χ3n) is 2.70. The first kappa shape index (κ1) is 13.1. The van der Waals surface area contributed by atoms with Crippen molar-refractivity contribution in [2.24, 2.45) is 0 Å². The summed E-state index contributed by atoms with van der Waals surface area (Å²) in [5.74, 6) is -0.222. The molecule has 0 amide bonds. The molecule has 0 aliphatic carbocycles. The molecule has 0 aliphatic heterocycles. The summed E-state index contributed by atoms with van der Waals surface area (Å²) in [5.41, 5.74) is 1.18. The van der Waals surface area contributed by atoms with Gasteiger partial charge in [0.2, 0.25) is 0 Å². The molecule has 98 valence electrons. The van der Waals surface area contributed by atoms with Crippen molar-refractivity contribution in [2.45, 2.75) is 19.9 Å². The van der Waals surface area contributed by atoms with Crippen LogP contribution in [0.1, 0.15) is 29.3 Å². The topological polar surface area (TPSA) is 55.1 Å². The summed E-state index contributed by atoms with van der Waals surface area (Å²) in [6.45, 7) is 2.94. The lowest BCUT2D eigenvalue weighted by atomic mass is 10.1. The van der Waals surface area contributed by atoms with Crippen LogP contribution in [0.4, 0.5) is 0 Å². The Balaban J connectivity index is 2.09. The summed E-state index contributed by atoms with van der Waals surface area (Å²) < 4.78 is 1.84. The van der Waals surface area contributed by atoms with E-state index in [0.717, 1.165) is 18.5 Å². The van der Waals surface area contributed by atoms with Gasteiger partial charge in [0.25, 0.3) is 0 Å². The first-order chi connectivity index (χ1) is 9.20. The summed E-state index contributed by atoms with van der Waals surface area (Å²) in [5, 5.41) is 13.8. The number of aryl methyl sites for hydroxylation is 1. The number of carbonyl (C=O) groups excluding carboxylic acids is 1. The van der Waals surface area contributed by atoms with Crippen LogP contribution in [0, 0.1) is 0 Å². The van der Waals surface area contributed by atoms with E-state index in [1.807, 2.05) is 10.9 Å². The number of carbonyl (C=O) groups is 1. The summed E-state index contributed by atoms with van der Waals surface area (Å²) >= 11 is 0. The molecule has 0 saturated heterocycles. The van der Waals surface area contributed by atoms with E-state index in [1.54, 1.807) is 30.5 Å². The Morgan fingerprint density at radius 3 is 2.95 bits per heavy atom. The highest BCUT2D eigenvalue weighted by atomic mass is 16.3. The van der Waals surface area contributed by atoms with Gasteiger partial charge in [0.05, 0.1) is 11.8 Å². The first-order valence-electron chi connectivity index (χ1n) is 6.23. The number of aromatic nitrogens is 2. The number of rotatable bonds is 5. The predicted molar refractivity (Wildman–Crippen MR) is 74.0 cm³/mol. The van der Waals surface area contributed by atoms with E-state index in [4.69, 9.17) is 0 Å². The largest absolute Gasteiger partial charge is 0.507 e. The van der Waals surface area contributed by atoms with Crippen molar-refractivity contribution in [3.63, 3.8) is 0 Å². The van der Waals surface area contributed by atoms with Crippen LogP contribution < -0.4 is 0 Å². The molecule has 2 aromatic rings. The van der Waals surface area contributed by atoms with E-state index in [2.05, 4.69) is 12.0 Å². The average Bonchev–Trinajstić information content (AvgIpc) is 2.85. The molecule has 2 rings (SSSR count). The van der Waals surface area contributed by atoms with Crippen molar-refractivity contribution in [2.75, 3.05) is 0 Å². The third kappa shape index (κ3) is 3.31. The van der Waals surface area contributed by atoms with Crippen molar-refractivity contribution in [3.05, 3.63) is 53.9 Å². The van der Waals surface area contributed by atoms with Gasteiger partial charge in [0, 0.05) is 18.3 Å². The minimum absolute atomic E-state index is 0.00109. The van der Waals surface area contributed by atoms with Crippen LogP contribution in [0.25, 0.3) is 6.08 Å². The zero-order chi connectivity index (χ0) is 13.7. The van der Waals surface area contributed by atoms with E-state index in [9.17, 15) is 9.90 Å². The van der Waals surface area contributed by atoms with Gasteiger partial charge in [0.15, 0.2) is 5.78 Å². The smallest absolute Gasteiger partial charge is 0.189 e. The zero-order valence-corrected chi connectivity index (χ0v) is 10.8. The highest BCUT2D eigenvalue weighted by molar-refractivity contribution is 6.08. The van der Waals surface area contributed by atoms with E-state index in [-0.39, 0.29) is 11.5 Å². The van der Waals surface area contributed by atoms with Gasteiger partial charge in [0.1, 0.15) is 5.75 Å². The van der Waals surface area contributed by atoms with Crippen LogP contribution in [-0.4, -0.2) is 20.7 Å². The van der Waals surface area contributed by atoms with Crippen molar-refractivity contribution in [1.82, 2.24) is 9.78 Å². The number of aromatic hydroxyl groups is 1. The van der Waals surface area contributed by atoms with Crippen LogP contribution in [0.2, 0.25) is 0 Å². The lowest BCUT2D eigenvalue weighted by Gasteiger charge is -1.98. The van der Waals surface area contributed by atoms with E-state index in [1.165, 1.54) is 12.1 Å². The first-order valence-corrected chi connectivity index (χ1v) is 6.23. The monoisotopic (exact) mass is 256 g/mol. The number of ketones is 1. The summed E-state index contributed by atoms with van der Waals surface area (Å²) in [4.78, 5) is 11.9. The number of benzene rings is 1. The lowest BCUT2D eigenvalue weighted by Crippen LogP contribution is -1.95. The number of hydrogen-bond donors (Lipinski definition) is 1. The molecular formula is C15H16N2O2. The van der Waals surface area contributed by atoms with Crippen LogP contribution in [0.15, 0.2) is 42.7 Å². The van der Waals surface area contributed by atoms with Gasteiger partial charge in [-0.3, -0.25) is 9.48 Å². The Morgan fingerprint density at radius 1 is 1.42 bits per heavy atom. The molecule has 0 unspecified atom stereocenters. The number of phenolic OH excluding ortho intramolecular Hbond substituents is 1. The molecule has 1 aromatic carbocycles. The molecule has 19 heavy (non-hydrogen) atoms. The van der Waals surface area contributed by atoms with Crippen LogP contribution >= 0.6 is 0 Å². The quantitative estimate of drug-likeness (QED) is 0.661. The van der Waals surface area contributed by atoms with Gasteiger partial charge >= 0.3 is 0 Å². The minimum Gasteiger partial charge on any atom is -0.507 e. The molecule has 0 radical (unpaired) electrons. The maximum atomic E-state index is 11.9. The number of phenols is 1. The van der Waals surface area contributed by atoms with Crippen molar-refractivity contribution < 1.29 is 9.90 Å². The summed E-state index contributed by atoms with van der Waals surface area (Å²) in [6, 6.07) is 6.51. The van der Waals surface area contributed by atoms with Crippen molar-refractivity contribution in [3.8, 4) is 5.75 Å². The number of para-hydroxylation sites is 1. The third-order valence-corrected chi connectivity index (χ3v) is 2.70. The van der Waals surface area contributed by atoms with Gasteiger partial charge < -0.3 is 5.11 Å². The number of hydrogen-bond acceptors (Lipinski definition) is 3. The minimum atomic E-state index is -0.221. The molecule has 4 nitrogen and oxygen atoms in total. The normalized spacial score (nSPS) is 11.0. The highest BCUT2D eigenvalue weighted by Crippen LogP contribution is 2.17. The second-order valence-electron chi connectivity index (χ2n) is 4.25. The molecule has 1 N–H and O–H groups in total. The number of nitrogens with zero attached hydrogens (tertiary/aromatic N) is 2. The molecule has 0 spiro atoms. The predicted octanol–water partition coefficient (Wildman–Crippen LogP) is 2.89. The van der Waals surface area contributed by atoms with Gasteiger partial charge in [-0.15, -0.1) is 0 Å². The van der Waals surface area contributed by atoms with Gasteiger partial charge in [-0.25, -0.2) is 0 Å². The number of allylic oxidation sites excluding steroid dienone is 1. The maximum absolute atomic E-state index is 11.9. The van der Waals surface area contributed by atoms with Gasteiger partial charge in [-0.1, -0.05) is 19.1 Å². The highest BCUT2D eigenvalue weighted by Gasteiger charge is 2.06. The molecular weight excluding hydrogens is 240 g/mol. The Labute approximate surface area is 112 Å². The van der Waals surface area contributed by atoms with E-state index < -0.39 is 0 Å². The van der Waals surface area contributed by atoms with Crippen molar-refractivity contribution >= 4 is 11.9 Å². The molecule has 0 bridgehead atoms. The molecule has 0 saturated carbocycles. The molecule has 0 fully saturated rings. The van der Waals surface area contributed by atoms with Crippen LogP contribution in [-0.2, 0) is 6.54 Å². The summed E-state index contributed by atoms with van der Waals surface area (Å²) in [6.07, 6.45) is 7.76. The second-order valence-corrected chi connectivity index (χ2v) is 4.25. The molecule has 0 atom stereocenters. The van der Waals surface area contributed by atoms with Gasteiger partial charge in [-0.05, 0) is 30.7 Å². The summed E-state index contributed by atoms with van der Waals surface area (Å²) in [7, 11) is 0. The molecule has 4 heteroatoms. The van der Waals surface area contributed by atoms with E-state index >= 15 is 0 Å². The van der Waals surface area contributed by atoms with Crippen LogP contribution in [0.3, 0.4) is 0 Å². The lowest BCUT2D eigenvalue weighted by molar-refractivity contribution is 0.104. The van der Waals surface area contributed by atoms with E-state index in [0.29, 0.717) is 5.56 Å². The maximum Gasteiger partial charge on any atom is 0.189 e. The zero-order valence-electron chi connectivity index (χ0n) is 10.8. The Bertz CT molecular complexity index is 600. The molecule has 1 aromatic heterocycles. The fraction of sp³-hybridized carbons (Fsp3) is 0.200. The fourth-order valence-corrected chi connectivity index (χ4v) is 1.76. The Hall–Kier alpha value is -2.36. The average molecular weight is 256 g/mol. The van der Waals surface area contributed by atoms with Crippen molar-refractivity contribution in [1.29, 1.82) is 0 Å². The SMILES string of the molecule is CCCn1cc(/C=C/C(=O)c2ccccc2O)cn1. The Morgan fingerprint density at radius 2 is 2.21 bits per heavy atom. The second kappa shape index (κ2) is 6.00.